The van der Waals surface area contributed by atoms with Crippen LogP contribution in [0.3, 0.4) is 0 Å². The first-order chi connectivity index (χ1) is 9.74. The number of carboxylic acids is 1. The van der Waals surface area contributed by atoms with Gasteiger partial charge < -0.3 is 10.0 Å². The molecule has 1 amide bonds. The number of carbonyl (C=O) groups excluding carboxylic acids is 1. The average molecular weight is 305 g/mol. The summed E-state index contributed by atoms with van der Waals surface area (Å²) in [5.74, 6) is -4.05. The number of hydrogen-bond donors (Lipinski definition) is 1. The molecule has 1 fully saturated rings. The van der Waals surface area contributed by atoms with Crippen LogP contribution in [0.25, 0.3) is 0 Å². The molecule has 118 valence electrons. The Morgan fingerprint density at radius 3 is 2.29 bits per heavy atom. The quantitative estimate of drug-likeness (QED) is 0.793. The molecule has 0 aromatic rings. The summed E-state index contributed by atoms with van der Waals surface area (Å²) in [4.78, 5) is 24.6. The van der Waals surface area contributed by atoms with E-state index in [1.165, 1.54) is 0 Å². The van der Waals surface area contributed by atoms with E-state index >= 15 is 0 Å². The van der Waals surface area contributed by atoms with Crippen molar-refractivity contribution in [2.45, 2.75) is 25.9 Å². The van der Waals surface area contributed by atoms with E-state index in [-0.39, 0.29) is 18.4 Å². The van der Waals surface area contributed by atoms with Crippen LogP contribution < -0.4 is 0 Å². The highest BCUT2D eigenvalue weighted by molar-refractivity contribution is 5.87. The van der Waals surface area contributed by atoms with Gasteiger partial charge in [-0.25, -0.2) is 0 Å². The zero-order valence-electron chi connectivity index (χ0n) is 11.6. The van der Waals surface area contributed by atoms with E-state index in [2.05, 4.69) is 0 Å². The SMILES string of the molecule is CCCN(CC(F)(F)F)C(=O)C1C2C=CC(C2)C1C(=O)O. The minimum absolute atomic E-state index is 0.0116. The van der Waals surface area contributed by atoms with Gasteiger partial charge in [0.1, 0.15) is 6.54 Å². The van der Waals surface area contributed by atoms with Crippen LogP contribution in [0.4, 0.5) is 13.2 Å². The maximum absolute atomic E-state index is 12.6. The van der Waals surface area contributed by atoms with Crippen molar-refractivity contribution < 1.29 is 27.9 Å². The Balaban J connectivity index is 2.19. The second-order valence-electron chi connectivity index (χ2n) is 5.71. The first-order valence-corrected chi connectivity index (χ1v) is 7.01. The number of aliphatic carboxylic acids is 1. The van der Waals surface area contributed by atoms with Gasteiger partial charge in [-0.3, -0.25) is 9.59 Å². The fourth-order valence-electron chi connectivity index (χ4n) is 3.46. The number of hydrogen-bond acceptors (Lipinski definition) is 2. The topological polar surface area (TPSA) is 57.6 Å². The number of fused-ring (bicyclic) bond motifs is 2. The Bertz CT molecular complexity index is 461. The zero-order chi connectivity index (χ0) is 15.8. The molecule has 2 aliphatic rings. The highest BCUT2D eigenvalue weighted by Gasteiger charge is 2.53. The summed E-state index contributed by atoms with van der Waals surface area (Å²) in [6.45, 7) is 0.359. The van der Waals surface area contributed by atoms with Crippen LogP contribution in [-0.4, -0.2) is 41.1 Å². The lowest BCUT2D eigenvalue weighted by Gasteiger charge is -2.31. The summed E-state index contributed by atoms with van der Waals surface area (Å²) in [6.07, 6.45) is -0.00187. The monoisotopic (exact) mass is 305 g/mol. The summed E-state index contributed by atoms with van der Waals surface area (Å²) >= 11 is 0. The summed E-state index contributed by atoms with van der Waals surface area (Å²) in [5.41, 5.74) is 0. The Kier molecular flexibility index (Phi) is 4.30. The van der Waals surface area contributed by atoms with Gasteiger partial charge in [-0.15, -0.1) is 0 Å². The molecule has 0 heterocycles. The number of alkyl halides is 3. The first kappa shape index (κ1) is 15.9. The molecule has 0 saturated heterocycles. The summed E-state index contributed by atoms with van der Waals surface area (Å²) in [5, 5.41) is 9.27. The minimum Gasteiger partial charge on any atom is -0.481 e. The summed E-state index contributed by atoms with van der Waals surface area (Å²) in [6, 6.07) is 0. The smallest absolute Gasteiger partial charge is 0.406 e. The van der Waals surface area contributed by atoms with Crippen molar-refractivity contribution in [2.24, 2.45) is 23.7 Å². The van der Waals surface area contributed by atoms with Crippen LogP contribution in [0.1, 0.15) is 19.8 Å². The van der Waals surface area contributed by atoms with Gasteiger partial charge in [0.2, 0.25) is 5.91 Å². The molecule has 1 saturated carbocycles. The van der Waals surface area contributed by atoms with Gasteiger partial charge >= 0.3 is 12.1 Å². The lowest BCUT2D eigenvalue weighted by atomic mass is 9.82. The molecule has 0 aromatic carbocycles. The van der Waals surface area contributed by atoms with Crippen LogP contribution in [0.2, 0.25) is 0 Å². The van der Waals surface area contributed by atoms with Crippen LogP contribution >= 0.6 is 0 Å². The molecule has 4 atom stereocenters. The fourth-order valence-corrected chi connectivity index (χ4v) is 3.46. The number of rotatable bonds is 5. The molecular weight excluding hydrogens is 287 g/mol. The summed E-state index contributed by atoms with van der Waals surface area (Å²) < 4.78 is 37.8. The maximum Gasteiger partial charge on any atom is 0.406 e. The number of carbonyl (C=O) groups is 2. The molecule has 1 N–H and O–H groups in total. The molecule has 2 rings (SSSR count). The van der Waals surface area contributed by atoms with Crippen LogP contribution in [-0.2, 0) is 9.59 Å². The van der Waals surface area contributed by atoms with E-state index in [1.54, 1.807) is 19.1 Å². The van der Waals surface area contributed by atoms with Gasteiger partial charge in [-0.05, 0) is 24.7 Å². The lowest BCUT2D eigenvalue weighted by molar-refractivity contribution is -0.167. The molecule has 0 aromatic heterocycles. The van der Waals surface area contributed by atoms with Gasteiger partial charge in [-0.2, -0.15) is 13.2 Å². The molecular formula is C14H18F3NO3. The fraction of sp³-hybridized carbons (Fsp3) is 0.714. The van der Waals surface area contributed by atoms with Crippen molar-refractivity contribution in [3.05, 3.63) is 12.2 Å². The molecule has 2 aliphatic carbocycles. The minimum atomic E-state index is -4.48. The molecule has 0 radical (unpaired) electrons. The third-order valence-electron chi connectivity index (χ3n) is 4.20. The number of nitrogens with zero attached hydrogens (tertiary/aromatic N) is 1. The summed E-state index contributed by atoms with van der Waals surface area (Å²) in [7, 11) is 0. The van der Waals surface area contributed by atoms with Gasteiger partial charge in [0.05, 0.1) is 11.8 Å². The molecule has 2 bridgehead atoms. The van der Waals surface area contributed by atoms with Crippen LogP contribution in [0.5, 0.6) is 0 Å². The van der Waals surface area contributed by atoms with E-state index in [1.807, 2.05) is 0 Å². The average Bonchev–Trinajstić information content (AvgIpc) is 2.95. The van der Waals surface area contributed by atoms with Crippen molar-refractivity contribution in [1.82, 2.24) is 4.90 Å². The Labute approximate surface area is 120 Å². The van der Waals surface area contributed by atoms with E-state index in [9.17, 15) is 27.9 Å². The standard InChI is InChI=1S/C14H18F3NO3/c1-2-5-18(7-14(15,16)17)12(19)10-8-3-4-9(6-8)11(10)13(20)21/h3-4,8-11H,2,5-7H2,1H3,(H,20,21). The number of carboxylic acid groups (broad SMARTS) is 1. The Morgan fingerprint density at radius 1 is 1.24 bits per heavy atom. The van der Waals surface area contributed by atoms with E-state index in [0.29, 0.717) is 12.8 Å². The molecule has 4 nitrogen and oxygen atoms in total. The normalized spacial score (nSPS) is 30.7. The highest BCUT2D eigenvalue weighted by atomic mass is 19.4. The largest absolute Gasteiger partial charge is 0.481 e. The first-order valence-electron chi connectivity index (χ1n) is 7.01. The second-order valence-corrected chi connectivity index (χ2v) is 5.71. The molecule has 0 spiro atoms. The third kappa shape index (κ3) is 3.22. The number of allylic oxidation sites excluding steroid dienone is 2. The molecule has 0 aliphatic heterocycles. The molecule has 4 unspecified atom stereocenters. The number of halogens is 3. The van der Waals surface area contributed by atoms with Crippen molar-refractivity contribution in [1.29, 1.82) is 0 Å². The lowest BCUT2D eigenvalue weighted by Crippen LogP contribution is -2.46. The predicted octanol–water partition coefficient (Wildman–Crippen LogP) is 2.31. The van der Waals surface area contributed by atoms with E-state index in [0.717, 1.165) is 4.90 Å². The predicted molar refractivity (Wildman–Crippen MR) is 68.3 cm³/mol. The zero-order valence-corrected chi connectivity index (χ0v) is 11.6. The Hall–Kier alpha value is -1.53. The van der Waals surface area contributed by atoms with E-state index in [4.69, 9.17) is 0 Å². The second kappa shape index (κ2) is 5.69. The highest BCUT2D eigenvalue weighted by Crippen LogP contribution is 2.48. The number of amides is 1. The van der Waals surface area contributed by atoms with Crippen LogP contribution in [0.15, 0.2) is 12.2 Å². The Morgan fingerprint density at radius 2 is 1.81 bits per heavy atom. The van der Waals surface area contributed by atoms with Gasteiger partial charge in [0.25, 0.3) is 0 Å². The maximum atomic E-state index is 12.6. The van der Waals surface area contributed by atoms with Crippen molar-refractivity contribution >= 4 is 11.9 Å². The van der Waals surface area contributed by atoms with Crippen molar-refractivity contribution in [2.75, 3.05) is 13.1 Å². The molecule has 7 heteroatoms. The van der Waals surface area contributed by atoms with E-state index < -0.39 is 36.4 Å². The van der Waals surface area contributed by atoms with Gasteiger partial charge in [0, 0.05) is 6.54 Å². The van der Waals surface area contributed by atoms with Gasteiger partial charge in [0.15, 0.2) is 0 Å². The van der Waals surface area contributed by atoms with Gasteiger partial charge in [-0.1, -0.05) is 19.1 Å². The van der Waals surface area contributed by atoms with Crippen molar-refractivity contribution in [3.63, 3.8) is 0 Å². The third-order valence-corrected chi connectivity index (χ3v) is 4.20. The molecule has 21 heavy (non-hydrogen) atoms. The van der Waals surface area contributed by atoms with Crippen LogP contribution in [0, 0.1) is 23.7 Å². The van der Waals surface area contributed by atoms with Crippen molar-refractivity contribution in [3.8, 4) is 0 Å².